The van der Waals surface area contributed by atoms with Crippen LogP contribution in [0.2, 0.25) is 0 Å². The van der Waals surface area contributed by atoms with Gasteiger partial charge in [0.15, 0.2) is 0 Å². The van der Waals surface area contributed by atoms with E-state index < -0.39 is 10.0 Å². The van der Waals surface area contributed by atoms with Crippen molar-refractivity contribution in [2.45, 2.75) is 10.9 Å². The Labute approximate surface area is 156 Å². The van der Waals surface area contributed by atoms with Crippen LogP contribution >= 0.6 is 0 Å². The molecule has 1 fully saturated rings. The van der Waals surface area contributed by atoms with Crippen LogP contribution in [-0.2, 0) is 31.2 Å². The second kappa shape index (κ2) is 6.32. The van der Waals surface area contributed by atoms with Crippen LogP contribution in [0, 0.1) is 0 Å². The molecule has 0 spiro atoms. The molecule has 10 heteroatoms. The molecule has 1 N–H and O–H groups in total. The fourth-order valence-corrected chi connectivity index (χ4v) is 5.28. The standard InChI is InChI=1S/C17H22N6O3S/c1-20-8-7-19-16(20)15-11-18-6-9-23(15)27(25,26)12-4-5-13-14(10-12)22(3)17(24)21(13)2/h4-5,7-8,10,15,18H,6,9,11H2,1-3H3. The van der Waals surface area contributed by atoms with Crippen molar-refractivity contribution < 1.29 is 8.42 Å². The van der Waals surface area contributed by atoms with Crippen molar-refractivity contribution in [1.29, 1.82) is 0 Å². The van der Waals surface area contributed by atoms with E-state index >= 15 is 0 Å². The Morgan fingerprint density at radius 1 is 1.15 bits per heavy atom. The van der Waals surface area contributed by atoms with Crippen molar-refractivity contribution in [1.82, 2.24) is 28.3 Å². The largest absolute Gasteiger partial charge is 0.337 e. The maximum absolute atomic E-state index is 13.4. The number of benzene rings is 1. The first-order chi connectivity index (χ1) is 12.8. The van der Waals surface area contributed by atoms with Gasteiger partial charge in [0.05, 0.1) is 22.0 Å². The highest BCUT2D eigenvalue weighted by Gasteiger charge is 2.36. The lowest BCUT2D eigenvalue weighted by molar-refractivity contribution is 0.258. The summed E-state index contributed by atoms with van der Waals surface area (Å²) in [4.78, 5) is 16.7. The van der Waals surface area contributed by atoms with Gasteiger partial charge >= 0.3 is 5.69 Å². The van der Waals surface area contributed by atoms with Gasteiger partial charge < -0.3 is 9.88 Å². The number of hydrogen-bond acceptors (Lipinski definition) is 5. The van der Waals surface area contributed by atoms with Gasteiger partial charge in [-0.05, 0) is 18.2 Å². The lowest BCUT2D eigenvalue weighted by atomic mass is 10.2. The third-order valence-electron chi connectivity index (χ3n) is 5.20. The van der Waals surface area contributed by atoms with Crippen molar-refractivity contribution in [3.05, 3.63) is 46.9 Å². The van der Waals surface area contributed by atoms with E-state index in [0.717, 1.165) is 0 Å². The van der Waals surface area contributed by atoms with Crippen LogP contribution in [0.5, 0.6) is 0 Å². The summed E-state index contributed by atoms with van der Waals surface area (Å²) in [6.45, 7) is 1.42. The third-order valence-corrected chi connectivity index (χ3v) is 7.10. The number of fused-ring (bicyclic) bond motifs is 1. The van der Waals surface area contributed by atoms with E-state index in [4.69, 9.17) is 0 Å². The number of imidazole rings is 2. The van der Waals surface area contributed by atoms with Crippen LogP contribution in [0.15, 0.2) is 40.3 Å². The van der Waals surface area contributed by atoms with Gasteiger partial charge in [0.25, 0.3) is 0 Å². The number of piperazine rings is 1. The Kier molecular flexibility index (Phi) is 4.21. The summed E-state index contributed by atoms with van der Waals surface area (Å²) in [5.74, 6) is 0.693. The van der Waals surface area contributed by atoms with E-state index in [-0.39, 0.29) is 16.6 Å². The maximum Gasteiger partial charge on any atom is 0.328 e. The van der Waals surface area contributed by atoms with E-state index in [0.29, 0.717) is 36.5 Å². The van der Waals surface area contributed by atoms with Gasteiger partial charge in [0, 0.05) is 53.2 Å². The highest BCUT2D eigenvalue weighted by Crippen LogP contribution is 2.29. The minimum absolute atomic E-state index is 0.178. The van der Waals surface area contributed by atoms with Gasteiger partial charge in [-0.2, -0.15) is 4.31 Å². The average Bonchev–Trinajstić information content (AvgIpc) is 3.19. The second-order valence-electron chi connectivity index (χ2n) is 6.78. The molecule has 1 saturated heterocycles. The molecule has 0 saturated carbocycles. The number of sulfonamides is 1. The van der Waals surface area contributed by atoms with E-state index in [9.17, 15) is 13.2 Å². The zero-order chi connectivity index (χ0) is 19.3. The second-order valence-corrected chi connectivity index (χ2v) is 8.67. The Bertz CT molecular complexity index is 1170. The Morgan fingerprint density at radius 2 is 1.89 bits per heavy atom. The Balaban J connectivity index is 1.82. The molecular weight excluding hydrogens is 368 g/mol. The number of rotatable bonds is 3. The number of aromatic nitrogens is 4. The zero-order valence-corrected chi connectivity index (χ0v) is 16.3. The van der Waals surface area contributed by atoms with Crippen LogP contribution in [-0.4, -0.2) is 51.0 Å². The molecule has 144 valence electrons. The third kappa shape index (κ3) is 2.71. The van der Waals surface area contributed by atoms with Gasteiger partial charge in [-0.3, -0.25) is 9.13 Å². The normalized spacial score (nSPS) is 19.0. The number of aryl methyl sites for hydroxylation is 3. The predicted molar refractivity (Wildman–Crippen MR) is 101 cm³/mol. The molecular formula is C17H22N6O3S. The summed E-state index contributed by atoms with van der Waals surface area (Å²) in [5.41, 5.74) is 1.10. The van der Waals surface area contributed by atoms with Crippen LogP contribution in [0.25, 0.3) is 11.0 Å². The molecule has 1 atom stereocenters. The van der Waals surface area contributed by atoms with E-state index in [2.05, 4.69) is 10.3 Å². The van der Waals surface area contributed by atoms with E-state index in [1.54, 1.807) is 44.7 Å². The molecule has 1 aliphatic heterocycles. The highest BCUT2D eigenvalue weighted by molar-refractivity contribution is 7.89. The number of hydrogen-bond donors (Lipinski definition) is 1. The monoisotopic (exact) mass is 390 g/mol. The molecule has 0 radical (unpaired) electrons. The molecule has 1 aliphatic rings. The van der Waals surface area contributed by atoms with Gasteiger partial charge in [0.1, 0.15) is 5.82 Å². The Morgan fingerprint density at radius 3 is 2.59 bits per heavy atom. The SMILES string of the molecule is Cn1ccnc1C1CNCCN1S(=O)(=O)c1ccc2c(c1)n(C)c(=O)n2C. The summed E-state index contributed by atoms with van der Waals surface area (Å²) < 4.78 is 33.1. The molecule has 0 aliphatic carbocycles. The lowest BCUT2D eigenvalue weighted by Gasteiger charge is -2.34. The summed E-state index contributed by atoms with van der Waals surface area (Å²) in [7, 11) is 1.42. The van der Waals surface area contributed by atoms with Crippen LogP contribution in [0.4, 0.5) is 0 Å². The minimum Gasteiger partial charge on any atom is -0.337 e. The molecule has 4 rings (SSSR count). The minimum atomic E-state index is -3.75. The summed E-state index contributed by atoms with van der Waals surface area (Å²) >= 11 is 0. The van der Waals surface area contributed by atoms with Crippen molar-refractivity contribution in [2.24, 2.45) is 21.1 Å². The zero-order valence-electron chi connectivity index (χ0n) is 15.5. The van der Waals surface area contributed by atoms with Crippen LogP contribution in [0.3, 0.4) is 0 Å². The van der Waals surface area contributed by atoms with Crippen molar-refractivity contribution in [3.63, 3.8) is 0 Å². The van der Waals surface area contributed by atoms with Crippen molar-refractivity contribution >= 4 is 21.1 Å². The van der Waals surface area contributed by atoms with Crippen LogP contribution < -0.4 is 11.0 Å². The predicted octanol–water partition coefficient (Wildman–Crippen LogP) is -0.0543. The lowest BCUT2D eigenvalue weighted by Crippen LogP contribution is -2.49. The van der Waals surface area contributed by atoms with Crippen LogP contribution in [0.1, 0.15) is 11.9 Å². The molecule has 0 bridgehead atoms. The first-order valence-corrected chi connectivity index (χ1v) is 10.1. The molecule has 0 amide bonds. The molecule has 3 aromatic rings. The number of nitrogens with zero attached hydrogens (tertiary/aromatic N) is 5. The fourth-order valence-electron chi connectivity index (χ4n) is 3.67. The first-order valence-electron chi connectivity index (χ1n) is 8.67. The summed E-state index contributed by atoms with van der Waals surface area (Å²) in [6.07, 6.45) is 3.47. The van der Waals surface area contributed by atoms with Crippen molar-refractivity contribution in [3.8, 4) is 0 Å². The van der Waals surface area contributed by atoms with E-state index in [1.807, 2.05) is 11.6 Å². The maximum atomic E-state index is 13.4. The highest BCUT2D eigenvalue weighted by atomic mass is 32.2. The van der Waals surface area contributed by atoms with Gasteiger partial charge in [0.2, 0.25) is 10.0 Å². The topological polar surface area (TPSA) is 94.2 Å². The molecule has 27 heavy (non-hydrogen) atoms. The van der Waals surface area contributed by atoms with E-state index in [1.165, 1.54) is 13.4 Å². The van der Waals surface area contributed by atoms with Gasteiger partial charge in [-0.1, -0.05) is 0 Å². The molecule has 3 heterocycles. The van der Waals surface area contributed by atoms with Gasteiger partial charge in [-0.15, -0.1) is 0 Å². The fraction of sp³-hybridized carbons (Fsp3) is 0.412. The molecule has 1 aromatic carbocycles. The summed E-state index contributed by atoms with van der Waals surface area (Å²) in [6, 6.07) is 4.43. The smallest absolute Gasteiger partial charge is 0.328 e. The molecule has 2 aromatic heterocycles. The van der Waals surface area contributed by atoms with Crippen molar-refractivity contribution in [2.75, 3.05) is 19.6 Å². The Hall–Kier alpha value is -2.43. The summed E-state index contributed by atoms with van der Waals surface area (Å²) in [5, 5.41) is 3.25. The quantitative estimate of drug-likeness (QED) is 0.677. The molecule has 1 unspecified atom stereocenters. The average molecular weight is 390 g/mol. The number of nitrogens with one attached hydrogen (secondary N) is 1. The first kappa shape index (κ1) is 18.0. The van der Waals surface area contributed by atoms with Gasteiger partial charge in [-0.25, -0.2) is 18.2 Å². The molecule has 9 nitrogen and oxygen atoms in total.